The number of carbonyl (C=O) groups excluding carboxylic acids is 1. The van der Waals surface area contributed by atoms with Gasteiger partial charge in [0.25, 0.3) is 0 Å². The van der Waals surface area contributed by atoms with Crippen LogP contribution in [0, 0.1) is 18.8 Å². The van der Waals surface area contributed by atoms with Gasteiger partial charge in [-0.1, -0.05) is 6.92 Å². The van der Waals surface area contributed by atoms with Gasteiger partial charge in [-0.3, -0.25) is 9.78 Å². The van der Waals surface area contributed by atoms with Crippen LogP contribution in [0.4, 0.5) is 5.82 Å². The summed E-state index contributed by atoms with van der Waals surface area (Å²) in [5.74, 6) is 1.30. The minimum atomic E-state index is 0.0703. The summed E-state index contributed by atoms with van der Waals surface area (Å²) < 4.78 is 0. The zero-order chi connectivity index (χ0) is 16.0. The number of rotatable bonds is 3. The Labute approximate surface area is 134 Å². The molecule has 5 nitrogen and oxygen atoms in total. The number of aromatic nitrogens is 3. The first-order valence-corrected chi connectivity index (χ1v) is 7.83. The Morgan fingerprint density at radius 1 is 1.30 bits per heavy atom. The van der Waals surface area contributed by atoms with Crippen molar-refractivity contribution in [3.8, 4) is 11.3 Å². The Hall–Kier alpha value is -2.69. The SMILES string of the molecule is Cc1cc(-c2cc3cnc(NC(=O)C4CC4C)cc3[nH]2)ccn1. The average Bonchev–Trinajstić information content (AvgIpc) is 3.11. The van der Waals surface area contributed by atoms with Gasteiger partial charge < -0.3 is 10.3 Å². The number of carbonyl (C=O) groups is 1. The lowest BCUT2D eigenvalue weighted by Crippen LogP contribution is -2.15. The highest BCUT2D eigenvalue weighted by molar-refractivity contribution is 5.95. The van der Waals surface area contributed by atoms with Crippen molar-refractivity contribution >= 4 is 22.6 Å². The van der Waals surface area contributed by atoms with Crippen LogP contribution in [-0.4, -0.2) is 20.9 Å². The predicted octanol–water partition coefficient (Wildman–Crippen LogP) is 3.53. The highest BCUT2D eigenvalue weighted by atomic mass is 16.2. The summed E-state index contributed by atoms with van der Waals surface area (Å²) in [7, 11) is 0. The van der Waals surface area contributed by atoms with Gasteiger partial charge in [-0.25, -0.2) is 4.98 Å². The van der Waals surface area contributed by atoms with Crippen LogP contribution in [0.5, 0.6) is 0 Å². The third-order valence-electron chi connectivity index (χ3n) is 4.41. The van der Waals surface area contributed by atoms with Crippen molar-refractivity contribution in [3.05, 3.63) is 42.4 Å². The van der Waals surface area contributed by atoms with Crippen molar-refractivity contribution in [2.45, 2.75) is 20.3 Å². The zero-order valence-electron chi connectivity index (χ0n) is 13.1. The fraction of sp³-hybridized carbons (Fsp3) is 0.278. The second-order valence-electron chi connectivity index (χ2n) is 6.33. The van der Waals surface area contributed by atoms with E-state index in [-0.39, 0.29) is 11.8 Å². The molecule has 0 aliphatic heterocycles. The first kappa shape index (κ1) is 13.9. The summed E-state index contributed by atoms with van der Waals surface area (Å²) in [6.07, 6.45) is 4.56. The van der Waals surface area contributed by atoms with Gasteiger partial charge in [-0.2, -0.15) is 0 Å². The molecule has 3 heterocycles. The van der Waals surface area contributed by atoms with Crippen LogP contribution in [0.1, 0.15) is 19.0 Å². The van der Waals surface area contributed by atoms with Gasteiger partial charge in [-0.15, -0.1) is 0 Å². The topological polar surface area (TPSA) is 70.7 Å². The molecule has 3 aromatic rings. The number of H-pyrrole nitrogens is 1. The maximum atomic E-state index is 12.0. The molecule has 1 saturated carbocycles. The van der Waals surface area contributed by atoms with Crippen LogP contribution in [0.15, 0.2) is 36.7 Å². The summed E-state index contributed by atoms with van der Waals surface area (Å²) in [5, 5.41) is 3.93. The van der Waals surface area contributed by atoms with Gasteiger partial charge >= 0.3 is 0 Å². The van der Waals surface area contributed by atoms with E-state index in [4.69, 9.17) is 0 Å². The summed E-state index contributed by atoms with van der Waals surface area (Å²) >= 11 is 0. The van der Waals surface area contributed by atoms with Crippen LogP contribution < -0.4 is 5.32 Å². The average molecular weight is 306 g/mol. The van der Waals surface area contributed by atoms with Gasteiger partial charge in [0, 0.05) is 46.7 Å². The van der Waals surface area contributed by atoms with E-state index in [1.807, 2.05) is 25.1 Å². The van der Waals surface area contributed by atoms with E-state index in [1.165, 1.54) is 0 Å². The lowest BCUT2D eigenvalue weighted by atomic mass is 10.2. The molecular formula is C18H18N4O. The molecule has 1 aliphatic rings. The van der Waals surface area contributed by atoms with E-state index in [0.29, 0.717) is 11.7 Å². The minimum Gasteiger partial charge on any atom is -0.354 e. The molecule has 1 amide bonds. The molecule has 0 radical (unpaired) electrons. The van der Waals surface area contributed by atoms with Crippen LogP contribution in [0.2, 0.25) is 0 Å². The fourth-order valence-electron chi connectivity index (χ4n) is 2.87. The number of aryl methyl sites for hydroxylation is 1. The molecule has 2 unspecified atom stereocenters. The predicted molar refractivity (Wildman–Crippen MR) is 90.0 cm³/mol. The third-order valence-corrected chi connectivity index (χ3v) is 4.41. The lowest BCUT2D eigenvalue weighted by Gasteiger charge is -2.03. The van der Waals surface area contributed by atoms with Gasteiger partial charge in [0.05, 0.1) is 5.52 Å². The molecule has 0 spiro atoms. The largest absolute Gasteiger partial charge is 0.354 e. The highest BCUT2D eigenvalue weighted by Crippen LogP contribution is 2.38. The molecule has 0 bridgehead atoms. The molecule has 5 heteroatoms. The number of amides is 1. The second-order valence-corrected chi connectivity index (χ2v) is 6.33. The molecule has 1 aliphatic carbocycles. The molecule has 4 rings (SSSR count). The maximum absolute atomic E-state index is 12.0. The number of aromatic amines is 1. The normalized spacial score (nSPS) is 19.7. The standard InChI is InChI=1S/C18H18N4O/c1-10-5-14(10)18(23)22-17-8-16-13(9-20-17)7-15(21-16)12-3-4-19-11(2)6-12/h3-4,6-10,14,21H,5H2,1-2H3,(H,20,22,23). The minimum absolute atomic E-state index is 0.0703. The van der Waals surface area contributed by atoms with E-state index >= 15 is 0 Å². The van der Waals surface area contributed by atoms with E-state index < -0.39 is 0 Å². The number of fused-ring (bicyclic) bond motifs is 1. The van der Waals surface area contributed by atoms with Crippen molar-refractivity contribution in [1.82, 2.24) is 15.0 Å². The molecule has 3 aromatic heterocycles. The summed E-state index contributed by atoms with van der Waals surface area (Å²) in [6.45, 7) is 4.06. The Morgan fingerprint density at radius 2 is 2.13 bits per heavy atom. The Kier molecular flexibility index (Phi) is 3.15. The fourth-order valence-corrected chi connectivity index (χ4v) is 2.87. The summed E-state index contributed by atoms with van der Waals surface area (Å²) in [4.78, 5) is 24.0. The smallest absolute Gasteiger partial charge is 0.228 e. The Bertz CT molecular complexity index is 899. The van der Waals surface area contributed by atoms with Crippen molar-refractivity contribution in [2.24, 2.45) is 11.8 Å². The number of anilines is 1. The van der Waals surface area contributed by atoms with Crippen molar-refractivity contribution < 1.29 is 4.79 Å². The quantitative estimate of drug-likeness (QED) is 0.777. The summed E-state index contributed by atoms with van der Waals surface area (Å²) in [5.41, 5.74) is 4.05. The van der Waals surface area contributed by atoms with Gasteiger partial charge in [0.2, 0.25) is 5.91 Å². The zero-order valence-corrected chi connectivity index (χ0v) is 13.1. The molecule has 2 N–H and O–H groups in total. The molecule has 23 heavy (non-hydrogen) atoms. The molecule has 0 aromatic carbocycles. The first-order chi connectivity index (χ1) is 11.1. The maximum Gasteiger partial charge on any atom is 0.228 e. The molecular weight excluding hydrogens is 288 g/mol. The molecule has 0 saturated heterocycles. The number of hydrogen-bond acceptors (Lipinski definition) is 3. The number of nitrogens with one attached hydrogen (secondary N) is 2. The molecule has 1 fully saturated rings. The third kappa shape index (κ3) is 2.70. The van der Waals surface area contributed by atoms with Gasteiger partial charge in [-0.05, 0) is 37.5 Å². The number of nitrogens with zero attached hydrogens (tertiary/aromatic N) is 2. The van der Waals surface area contributed by atoms with Gasteiger partial charge in [0.1, 0.15) is 5.82 Å². The highest BCUT2D eigenvalue weighted by Gasteiger charge is 2.39. The van der Waals surface area contributed by atoms with E-state index in [9.17, 15) is 4.79 Å². The van der Waals surface area contributed by atoms with Crippen molar-refractivity contribution in [2.75, 3.05) is 5.32 Å². The molecule has 116 valence electrons. The lowest BCUT2D eigenvalue weighted by molar-refractivity contribution is -0.117. The molecule has 2 atom stereocenters. The Morgan fingerprint density at radius 3 is 2.87 bits per heavy atom. The van der Waals surface area contributed by atoms with Crippen LogP contribution in [-0.2, 0) is 4.79 Å². The Balaban J connectivity index is 1.63. The van der Waals surface area contributed by atoms with Crippen LogP contribution >= 0.6 is 0 Å². The second kappa shape index (κ2) is 5.19. The monoisotopic (exact) mass is 306 g/mol. The van der Waals surface area contributed by atoms with Crippen molar-refractivity contribution in [1.29, 1.82) is 0 Å². The first-order valence-electron chi connectivity index (χ1n) is 7.83. The van der Waals surface area contributed by atoms with E-state index in [0.717, 1.165) is 34.3 Å². The van der Waals surface area contributed by atoms with Gasteiger partial charge in [0.15, 0.2) is 0 Å². The number of hydrogen-bond donors (Lipinski definition) is 2. The summed E-state index contributed by atoms with van der Waals surface area (Å²) in [6, 6.07) is 7.96. The van der Waals surface area contributed by atoms with Crippen molar-refractivity contribution in [3.63, 3.8) is 0 Å². The van der Waals surface area contributed by atoms with E-state index in [2.05, 4.69) is 33.3 Å². The van der Waals surface area contributed by atoms with Crippen LogP contribution in [0.3, 0.4) is 0 Å². The van der Waals surface area contributed by atoms with E-state index in [1.54, 1.807) is 12.4 Å². The number of pyridine rings is 2. The van der Waals surface area contributed by atoms with Crippen LogP contribution in [0.25, 0.3) is 22.2 Å².